The highest BCUT2D eigenvalue weighted by molar-refractivity contribution is 5.94. The molecule has 0 unspecified atom stereocenters. The topological polar surface area (TPSA) is 39.7 Å². The fourth-order valence-corrected chi connectivity index (χ4v) is 2.75. The van der Waals surface area contributed by atoms with Gasteiger partial charge in [0.05, 0.1) is 5.56 Å². The van der Waals surface area contributed by atoms with Crippen LogP contribution in [0.2, 0.25) is 0 Å². The first-order valence-electron chi connectivity index (χ1n) is 7.97. The quantitative estimate of drug-likeness (QED) is 0.839. The van der Waals surface area contributed by atoms with Gasteiger partial charge < -0.3 is 9.80 Å². The molecule has 1 aromatic rings. The van der Waals surface area contributed by atoms with Gasteiger partial charge >= 0.3 is 0 Å². The zero-order valence-electron chi connectivity index (χ0n) is 14.5. The minimum absolute atomic E-state index is 0.0913. The van der Waals surface area contributed by atoms with E-state index < -0.39 is 0 Å². The number of hydrogen-bond acceptors (Lipinski definition) is 4. The van der Waals surface area contributed by atoms with Gasteiger partial charge in [0.2, 0.25) is 0 Å². The van der Waals surface area contributed by atoms with E-state index in [0.29, 0.717) is 5.56 Å². The number of aromatic nitrogens is 1. The second kappa shape index (κ2) is 6.65. The minimum Gasteiger partial charge on any atom is -0.363 e. The van der Waals surface area contributed by atoms with E-state index in [0.717, 1.165) is 38.4 Å². The maximum atomic E-state index is 12.6. The molecule has 0 N–H and O–H groups in total. The Morgan fingerprint density at radius 2 is 1.86 bits per heavy atom. The highest BCUT2D eigenvalue weighted by Crippen LogP contribution is 2.17. The van der Waals surface area contributed by atoms with Crippen LogP contribution in [0.15, 0.2) is 18.3 Å². The molecule has 1 amide bonds. The van der Waals surface area contributed by atoms with Gasteiger partial charge in [0.15, 0.2) is 0 Å². The summed E-state index contributed by atoms with van der Waals surface area (Å²) in [4.78, 5) is 23.3. The van der Waals surface area contributed by atoms with E-state index >= 15 is 0 Å². The molecule has 0 aromatic carbocycles. The molecule has 2 rings (SSSR count). The first-order chi connectivity index (χ1) is 10.3. The molecule has 0 bridgehead atoms. The molecule has 122 valence electrons. The molecule has 5 nitrogen and oxygen atoms in total. The third kappa shape index (κ3) is 3.97. The molecule has 1 aliphatic heterocycles. The third-order valence-corrected chi connectivity index (χ3v) is 4.18. The molecule has 1 saturated heterocycles. The Morgan fingerprint density at radius 1 is 1.14 bits per heavy atom. The number of amides is 1. The Kier molecular flexibility index (Phi) is 5.06. The maximum Gasteiger partial charge on any atom is 0.255 e. The van der Waals surface area contributed by atoms with Crippen LogP contribution < -0.4 is 4.90 Å². The van der Waals surface area contributed by atoms with Gasteiger partial charge in [-0.15, -0.1) is 0 Å². The summed E-state index contributed by atoms with van der Waals surface area (Å²) in [6.07, 6.45) is 2.70. The monoisotopic (exact) mass is 304 g/mol. The summed E-state index contributed by atoms with van der Waals surface area (Å²) >= 11 is 0. The van der Waals surface area contributed by atoms with E-state index in [1.807, 2.05) is 36.0 Å². The summed E-state index contributed by atoms with van der Waals surface area (Å²) < 4.78 is 0. The number of pyridine rings is 1. The van der Waals surface area contributed by atoms with Crippen LogP contribution in [0.25, 0.3) is 0 Å². The lowest BCUT2D eigenvalue weighted by Crippen LogP contribution is -2.44. The number of carbonyl (C=O) groups is 1. The molecule has 0 saturated carbocycles. The number of rotatable bonds is 2. The molecule has 1 fully saturated rings. The van der Waals surface area contributed by atoms with Crippen molar-refractivity contribution in [3.05, 3.63) is 23.9 Å². The fourth-order valence-electron chi connectivity index (χ4n) is 2.75. The Labute approximate surface area is 133 Å². The summed E-state index contributed by atoms with van der Waals surface area (Å²) in [5, 5.41) is 0. The smallest absolute Gasteiger partial charge is 0.255 e. The van der Waals surface area contributed by atoms with E-state index in [-0.39, 0.29) is 11.4 Å². The molecule has 1 aromatic heterocycles. The second-order valence-corrected chi connectivity index (χ2v) is 7.10. The zero-order chi connectivity index (χ0) is 16.3. The number of hydrogen-bond donors (Lipinski definition) is 0. The predicted molar refractivity (Wildman–Crippen MR) is 90.4 cm³/mol. The number of anilines is 1. The van der Waals surface area contributed by atoms with Crippen LogP contribution in [-0.4, -0.2) is 66.5 Å². The molecule has 0 aliphatic carbocycles. The van der Waals surface area contributed by atoms with Crippen LogP contribution >= 0.6 is 0 Å². The lowest BCUT2D eigenvalue weighted by atomic mass is 10.1. The van der Waals surface area contributed by atoms with Crippen molar-refractivity contribution in [3.8, 4) is 0 Å². The number of nitrogens with zero attached hydrogens (tertiary/aromatic N) is 4. The Morgan fingerprint density at radius 3 is 2.41 bits per heavy atom. The van der Waals surface area contributed by atoms with Crippen molar-refractivity contribution in [2.45, 2.75) is 32.7 Å². The SMILES string of the molecule is CN(C)c1ccc(C(=O)N2CCCN(C(C)(C)C)CC2)cn1. The van der Waals surface area contributed by atoms with Gasteiger partial charge in [-0.3, -0.25) is 9.69 Å². The van der Waals surface area contributed by atoms with Gasteiger partial charge in [0, 0.05) is 52.0 Å². The van der Waals surface area contributed by atoms with Crippen LogP contribution in [0.3, 0.4) is 0 Å². The van der Waals surface area contributed by atoms with Gasteiger partial charge in [-0.25, -0.2) is 4.98 Å². The van der Waals surface area contributed by atoms with Crippen molar-refractivity contribution in [2.75, 3.05) is 45.2 Å². The second-order valence-electron chi connectivity index (χ2n) is 7.10. The van der Waals surface area contributed by atoms with Gasteiger partial charge in [-0.2, -0.15) is 0 Å². The molecule has 0 radical (unpaired) electrons. The maximum absolute atomic E-state index is 12.6. The standard InChI is InChI=1S/C17H28N4O/c1-17(2,3)21-10-6-9-20(11-12-21)16(22)14-7-8-15(18-13-14)19(4)5/h7-8,13H,6,9-12H2,1-5H3. The number of carbonyl (C=O) groups excluding carboxylic acids is 1. The van der Waals surface area contributed by atoms with Crippen LogP contribution in [-0.2, 0) is 0 Å². The van der Waals surface area contributed by atoms with E-state index in [1.54, 1.807) is 6.20 Å². The van der Waals surface area contributed by atoms with Gasteiger partial charge in [-0.05, 0) is 39.3 Å². The van der Waals surface area contributed by atoms with Gasteiger partial charge in [0.25, 0.3) is 5.91 Å². The molecule has 0 spiro atoms. The third-order valence-electron chi connectivity index (χ3n) is 4.18. The van der Waals surface area contributed by atoms with Gasteiger partial charge in [0.1, 0.15) is 5.82 Å². The highest BCUT2D eigenvalue weighted by atomic mass is 16.2. The first-order valence-corrected chi connectivity index (χ1v) is 7.97. The van der Waals surface area contributed by atoms with Crippen LogP contribution in [0, 0.1) is 0 Å². The molecular weight excluding hydrogens is 276 g/mol. The Bertz CT molecular complexity index is 504. The van der Waals surface area contributed by atoms with Gasteiger partial charge in [-0.1, -0.05) is 0 Å². The van der Waals surface area contributed by atoms with E-state index in [1.165, 1.54) is 0 Å². The summed E-state index contributed by atoms with van der Waals surface area (Å²) in [7, 11) is 3.89. The zero-order valence-corrected chi connectivity index (χ0v) is 14.5. The lowest BCUT2D eigenvalue weighted by Gasteiger charge is -2.34. The van der Waals surface area contributed by atoms with E-state index in [9.17, 15) is 4.79 Å². The molecule has 0 atom stereocenters. The normalized spacial score (nSPS) is 17.2. The summed E-state index contributed by atoms with van der Waals surface area (Å²) in [5.74, 6) is 0.958. The van der Waals surface area contributed by atoms with Crippen molar-refractivity contribution in [3.63, 3.8) is 0 Å². The summed E-state index contributed by atoms with van der Waals surface area (Å²) in [6.45, 7) is 10.3. The molecule has 22 heavy (non-hydrogen) atoms. The van der Waals surface area contributed by atoms with Crippen molar-refractivity contribution >= 4 is 11.7 Å². The van der Waals surface area contributed by atoms with Crippen molar-refractivity contribution in [1.29, 1.82) is 0 Å². The molecular formula is C17H28N4O. The average molecular weight is 304 g/mol. The fraction of sp³-hybridized carbons (Fsp3) is 0.647. The van der Waals surface area contributed by atoms with Crippen LogP contribution in [0.5, 0.6) is 0 Å². The molecule has 5 heteroatoms. The molecule has 1 aliphatic rings. The summed E-state index contributed by atoms with van der Waals surface area (Å²) in [6, 6.07) is 3.77. The van der Waals surface area contributed by atoms with Crippen molar-refractivity contribution in [1.82, 2.24) is 14.8 Å². The lowest BCUT2D eigenvalue weighted by molar-refractivity contribution is 0.0749. The van der Waals surface area contributed by atoms with Crippen molar-refractivity contribution in [2.24, 2.45) is 0 Å². The molecule has 2 heterocycles. The van der Waals surface area contributed by atoms with Crippen LogP contribution in [0.1, 0.15) is 37.6 Å². The highest BCUT2D eigenvalue weighted by Gasteiger charge is 2.26. The average Bonchev–Trinajstić information content (AvgIpc) is 2.72. The van der Waals surface area contributed by atoms with E-state index in [2.05, 4.69) is 30.7 Å². The van der Waals surface area contributed by atoms with Crippen molar-refractivity contribution < 1.29 is 4.79 Å². The Balaban J connectivity index is 2.03. The largest absolute Gasteiger partial charge is 0.363 e. The summed E-state index contributed by atoms with van der Waals surface area (Å²) in [5.41, 5.74) is 0.836. The van der Waals surface area contributed by atoms with E-state index in [4.69, 9.17) is 0 Å². The van der Waals surface area contributed by atoms with Crippen LogP contribution in [0.4, 0.5) is 5.82 Å². The Hall–Kier alpha value is -1.62. The predicted octanol–water partition coefficient (Wildman–Crippen LogP) is 2.09. The minimum atomic E-state index is 0.0913. The first kappa shape index (κ1) is 16.7.